The minimum Gasteiger partial charge on any atom is -0.365 e. The number of carbonyl (C=O) groups is 1. The Kier molecular flexibility index (Phi) is 6.67. The van der Waals surface area contributed by atoms with Crippen molar-refractivity contribution in [2.24, 2.45) is 5.16 Å². The summed E-state index contributed by atoms with van der Waals surface area (Å²) in [6, 6.07) is 0. The number of rotatable bonds is 6. The Hall–Kier alpha value is -1.91. The van der Waals surface area contributed by atoms with E-state index in [1.54, 1.807) is 13.8 Å². The molecular formula is C9H13N3O2. The highest BCUT2D eigenvalue weighted by molar-refractivity contribution is 5.75. The third-order valence-electron chi connectivity index (χ3n) is 1.29. The zero-order valence-electron chi connectivity index (χ0n) is 8.15. The van der Waals surface area contributed by atoms with Crippen molar-refractivity contribution in [1.29, 1.82) is 5.41 Å². The lowest BCUT2D eigenvalue weighted by Gasteiger charge is -2.01. The molecule has 0 radical (unpaired) electrons. The van der Waals surface area contributed by atoms with Gasteiger partial charge in [0.25, 0.3) is 0 Å². The molecule has 0 rings (SSSR count). The molecule has 0 fully saturated rings. The van der Waals surface area contributed by atoms with E-state index in [9.17, 15) is 4.79 Å². The Morgan fingerprint density at radius 3 is 2.79 bits per heavy atom. The van der Waals surface area contributed by atoms with Gasteiger partial charge in [-0.25, -0.2) is 0 Å². The van der Waals surface area contributed by atoms with E-state index in [-0.39, 0.29) is 0 Å². The number of oxime groups is 1. The van der Waals surface area contributed by atoms with Crippen molar-refractivity contribution in [3.63, 3.8) is 0 Å². The highest BCUT2D eigenvalue weighted by atomic mass is 16.6. The van der Waals surface area contributed by atoms with Crippen molar-refractivity contribution < 1.29 is 9.63 Å². The van der Waals surface area contributed by atoms with Crippen LogP contribution in [0.3, 0.4) is 0 Å². The zero-order valence-corrected chi connectivity index (χ0v) is 8.15. The molecule has 0 aromatic carbocycles. The van der Waals surface area contributed by atoms with Gasteiger partial charge in [0.2, 0.25) is 0 Å². The van der Waals surface area contributed by atoms with Gasteiger partial charge >= 0.3 is 0 Å². The summed E-state index contributed by atoms with van der Waals surface area (Å²) in [6.45, 7) is 3.35. The molecule has 0 aliphatic carbocycles. The van der Waals surface area contributed by atoms with Crippen molar-refractivity contribution in [2.45, 2.75) is 13.8 Å². The fourth-order valence-electron chi connectivity index (χ4n) is 0.629. The van der Waals surface area contributed by atoms with E-state index in [4.69, 9.17) is 5.41 Å². The van der Waals surface area contributed by atoms with Crippen LogP contribution in [-0.2, 0) is 9.63 Å². The van der Waals surface area contributed by atoms with E-state index in [1.165, 1.54) is 18.6 Å². The van der Waals surface area contributed by atoms with Crippen LogP contribution in [0.4, 0.5) is 0 Å². The van der Waals surface area contributed by atoms with Gasteiger partial charge in [0.05, 0.1) is 6.34 Å². The molecule has 76 valence electrons. The Balaban J connectivity index is 4.44. The summed E-state index contributed by atoms with van der Waals surface area (Å²) >= 11 is 0. The first-order valence-electron chi connectivity index (χ1n) is 3.98. The summed E-state index contributed by atoms with van der Waals surface area (Å²) in [4.78, 5) is 15.1. The molecule has 5 heteroatoms. The minimum absolute atomic E-state index is 0.480. The van der Waals surface area contributed by atoms with Gasteiger partial charge in [0.1, 0.15) is 12.5 Å². The Morgan fingerprint density at radius 2 is 2.29 bits per heavy atom. The van der Waals surface area contributed by atoms with Crippen molar-refractivity contribution in [3.8, 4) is 0 Å². The molecule has 0 aliphatic rings. The second-order valence-corrected chi connectivity index (χ2v) is 2.27. The summed E-state index contributed by atoms with van der Waals surface area (Å²) in [7, 11) is 0. The van der Waals surface area contributed by atoms with E-state index in [2.05, 4.69) is 15.3 Å². The van der Waals surface area contributed by atoms with Crippen LogP contribution >= 0.6 is 0 Å². The summed E-state index contributed by atoms with van der Waals surface area (Å²) < 4.78 is 0. The molecule has 0 saturated heterocycles. The van der Waals surface area contributed by atoms with Gasteiger partial charge in [-0.3, -0.25) is 10.2 Å². The molecule has 0 aromatic rings. The van der Waals surface area contributed by atoms with Gasteiger partial charge < -0.3 is 10.2 Å². The number of nitrogens with one attached hydrogen (secondary N) is 2. The molecule has 0 amide bonds. The topological polar surface area (TPSA) is 74.5 Å². The highest BCUT2D eigenvalue weighted by Gasteiger charge is 1.94. The number of aldehydes is 1. The van der Waals surface area contributed by atoms with E-state index in [0.29, 0.717) is 17.6 Å². The quantitative estimate of drug-likeness (QED) is 0.127. The van der Waals surface area contributed by atoms with Crippen LogP contribution < -0.4 is 5.32 Å². The third kappa shape index (κ3) is 4.87. The van der Waals surface area contributed by atoms with Gasteiger partial charge in [-0.1, -0.05) is 5.16 Å². The molecule has 0 aliphatic heterocycles. The predicted octanol–water partition coefficient (Wildman–Crippen LogP) is 1.19. The number of carbonyl (C=O) groups excluding carboxylic acids is 1. The summed E-state index contributed by atoms with van der Waals surface area (Å²) in [5, 5.41) is 12.9. The molecule has 14 heavy (non-hydrogen) atoms. The molecule has 0 aromatic heterocycles. The molecule has 5 nitrogen and oxygen atoms in total. The summed E-state index contributed by atoms with van der Waals surface area (Å²) in [5.41, 5.74) is 0.982. The molecule has 0 bridgehead atoms. The predicted molar refractivity (Wildman–Crippen MR) is 55.1 cm³/mol. The second-order valence-electron chi connectivity index (χ2n) is 2.27. The summed E-state index contributed by atoms with van der Waals surface area (Å²) in [5.74, 6) is 0. The lowest BCUT2D eigenvalue weighted by Crippen LogP contribution is -2.10. The molecular weight excluding hydrogens is 182 g/mol. The van der Waals surface area contributed by atoms with Crippen LogP contribution in [0.2, 0.25) is 0 Å². The first-order valence-corrected chi connectivity index (χ1v) is 3.98. The SMILES string of the molecule is C/C=N/O/C=C/C(NC=N)=C(C)C=O. The van der Waals surface area contributed by atoms with Gasteiger partial charge in [-0.05, 0) is 19.9 Å². The van der Waals surface area contributed by atoms with Crippen LogP contribution in [0.5, 0.6) is 0 Å². The van der Waals surface area contributed by atoms with Crippen LogP contribution in [0.15, 0.2) is 28.8 Å². The van der Waals surface area contributed by atoms with Crippen LogP contribution in [0.1, 0.15) is 13.8 Å². The van der Waals surface area contributed by atoms with Gasteiger partial charge in [-0.2, -0.15) is 0 Å². The van der Waals surface area contributed by atoms with Crippen molar-refractivity contribution in [2.75, 3.05) is 0 Å². The van der Waals surface area contributed by atoms with E-state index in [0.717, 1.165) is 6.34 Å². The van der Waals surface area contributed by atoms with E-state index >= 15 is 0 Å². The fourth-order valence-corrected chi connectivity index (χ4v) is 0.629. The van der Waals surface area contributed by atoms with Gasteiger partial charge in [0.15, 0.2) is 0 Å². The second kappa shape index (κ2) is 7.72. The van der Waals surface area contributed by atoms with Crippen LogP contribution in [-0.4, -0.2) is 18.8 Å². The van der Waals surface area contributed by atoms with Crippen LogP contribution in [0, 0.1) is 5.41 Å². The summed E-state index contributed by atoms with van der Waals surface area (Å²) in [6.07, 6.45) is 6.00. The molecule has 2 N–H and O–H groups in total. The highest BCUT2D eigenvalue weighted by Crippen LogP contribution is 1.99. The lowest BCUT2D eigenvalue weighted by molar-refractivity contribution is -0.104. The Morgan fingerprint density at radius 1 is 1.57 bits per heavy atom. The molecule has 0 atom stereocenters. The normalized spacial score (nSPS) is 12.7. The first-order chi connectivity index (χ1) is 6.76. The number of allylic oxidation sites excluding steroid dienone is 2. The van der Waals surface area contributed by atoms with Gasteiger partial charge in [-0.15, -0.1) is 0 Å². The minimum atomic E-state index is 0.480. The first kappa shape index (κ1) is 12.1. The van der Waals surface area contributed by atoms with Crippen molar-refractivity contribution >= 4 is 18.8 Å². The van der Waals surface area contributed by atoms with E-state index < -0.39 is 0 Å². The van der Waals surface area contributed by atoms with E-state index in [1.807, 2.05) is 0 Å². The standard InChI is InChI=1S/C9H13N3O2/c1-3-12-14-5-4-9(11-7-10)8(2)6-13/h3-7H,1-2H3,(H2,10,11)/b5-4+,9-8?,12-3+. The smallest absolute Gasteiger partial charge is 0.147 e. The maximum absolute atomic E-state index is 10.4. The molecule has 0 heterocycles. The number of hydrogen-bond donors (Lipinski definition) is 2. The monoisotopic (exact) mass is 195 g/mol. The maximum atomic E-state index is 10.4. The Labute approximate surface area is 82.6 Å². The lowest BCUT2D eigenvalue weighted by atomic mass is 10.2. The average molecular weight is 195 g/mol. The fraction of sp³-hybridized carbons (Fsp3) is 0.222. The average Bonchev–Trinajstić information content (AvgIpc) is 2.21. The van der Waals surface area contributed by atoms with Crippen molar-refractivity contribution in [1.82, 2.24) is 5.32 Å². The Bertz CT molecular complexity index is 280. The number of hydrogen-bond acceptors (Lipinski definition) is 4. The van der Waals surface area contributed by atoms with Crippen molar-refractivity contribution in [3.05, 3.63) is 23.6 Å². The molecule has 0 unspecified atom stereocenters. The maximum Gasteiger partial charge on any atom is 0.147 e. The molecule has 0 spiro atoms. The van der Waals surface area contributed by atoms with Gasteiger partial charge in [0, 0.05) is 17.5 Å². The number of nitrogens with zero attached hydrogens (tertiary/aromatic N) is 1. The largest absolute Gasteiger partial charge is 0.365 e. The van der Waals surface area contributed by atoms with Crippen LogP contribution in [0.25, 0.3) is 0 Å². The molecule has 0 saturated carbocycles. The zero-order chi connectivity index (χ0) is 10.8. The third-order valence-corrected chi connectivity index (χ3v) is 1.29.